The van der Waals surface area contributed by atoms with Crippen molar-refractivity contribution >= 4 is 17.3 Å². The Kier molecular flexibility index (Phi) is 4.65. The zero-order valence-corrected chi connectivity index (χ0v) is 12.6. The van der Waals surface area contributed by atoms with Crippen molar-refractivity contribution in [2.24, 2.45) is 11.8 Å². The number of rotatable bonds is 3. The van der Waals surface area contributed by atoms with Crippen LogP contribution >= 0.6 is 0 Å². The van der Waals surface area contributed by atoms with Crippen molar-refractivity contribution in [1.82, 2.24) is 4.90 Å². The molecule has 3 atom stereocenters. The molecule has 20 heavy (non-hydrogen) atoms. The molecule has 110 valence electrons. The minimum atomic E-state index is 0.0444. The fourth-order valence-corrected chi connectivity index (χ4v) is 2.99. The molecule has 0 saturated carbocycles. The highest BCUT2D eigenvalue weighted by Gasteiger charge is 2.29. The topological polar surface area (TPSA) is 58.4 Å². The summed E-state index contributed by atoms with van der Waals surface area (Å²) in [6, 6.07) is 7.71. The van der Waals surface area contributed by atoms with Crippen LogP contribution < -0.4 is 11.1 Å². The van der Waals surface area contributed by atoms with Gasteiger partial charge in [0.15, 0.2) is 0 Å². The van der Waals surface area contributed by atoms with Crippen LogP contribution in [0.2, 0.25) is 0 Å². The lowest BCUT2D eigenvalue weighted by Crippen LogP contribution is -2.48. The van der Waals surface area contributed by atoms with Gasteiger partial charge in [-0.15, -0.1) is 0 Å². The van der Waals surface area contributed by atoms with E-state index < -0.39 is 0 Å². The van der Waals surface area contributed by atoms with Gasteiger partial charge in [-0.3, -0.25) is 9.69 Å². The van der Waals surface area contributed by atoms with Crippen LogP contribution in [0, 0.1) is 11.8 Å². The number of amides is 1. The second kappa shape index (κ2) is 6.27. The van der Waals surface area contributed by atoms with E-state index in [9.17, 15) is 4.79 Å². The molecule has 3 unspecified atom stereocenters. The van der Waals surface area contributed by atoms with E-state index in [1.54, 1.807) is 12.1 Å². The van der Waals surface area contributed by atoms with Gasteiger partial charge in [0.05, 0.1) is 6.54 Å². The number of hydrogen-bond acceptors (Lipinski definition) is 3. The van der Waals surface area contributed by atoms with Gasteiger partial charge in [0.25, 0.3) is 0 Å². The highest BCUT2D eigenvalue weighted by atomic mass is 16.2. The first-order valence-corrected chi connectivity index (χ1v) is 7.35. The molecule has 0 bridgehead atoms. The molecule has 1 aliphatic rings. The summed E-state index contributed by atoms with van der Waals surface area (Å²) >= 11 is 0. The summed E-state index contributed by atoms with van der Waals surface area (Å²) < 4.78 is 0. The number of anilines is 2. The van der Waals surface area contributed by atoms with Crippen LogP contribution in [-0.4, -0.2) is 29.9 Å². The second-order valence-electron chi connectivity index (χ2n) is 6.16. The first kappa shape index (κ1) is 14.9. The van der Waals surface area contributed by atoms with E-state index in [-0.39, 0.29) is 5.91 Å². The number of nitrogen functional groups attached to an aromatic ring is 1. The molecule has 4 nitrogen and oxygen atoms in total. The number of carbonyl (C=O) groups excluding carboxylic acids is 1. The lowest BCUT2D eigenvalue weighted by atomic mass is 9.86. The Bertz CT molecular complexity index is 457. The molecule has 0 radical (unpaired) electrons. The molecule has 1 aromatic carbocycles. The average molecular weight is 275 g/mol. The van der Waals surface area contributed by atoms with Crippen LogP contribution in [0.1, 0.15) is 27.2 Å². The first-order chi connectivity index (χ1) is 9.45. The molecule has 1 aliphatic heterocycles. The number of carbonyl (C=O) groups is 1. The van der Waals surface area contributed by atoms with Gasteiger partial charge in [-0.25, -0.2) is 0 Å². The molecule has 0 aliphatic carbocycles. The lowest BCUT2D eigenvalue weighted by Gasteiger charge is -2.40. The summed E-state index contributed by atoms with van der Waals surface area (Å²) in [5.41, 5.74) is 7.14. The molecule has 2 rings (SSSR count). The molecule has 4 heteroatoms. The summed E-state index contributed by atoms with van der Waals surface area (Å²) in [6.45, 7) is 8.20. The van der Waals surface area contributed by atoms with E-state index >= 15 is 0 Å². The van der Waals surface area contributed by atoms with Gasteiger partial charge < -0.3 is 11.1 Å². The highest BCUT2D eigenvalue weighted by Crippen LogP contribution is 2.26. The van der Waals surface area contributed by atoms with Gasteiger partial charge in [0.2, 0.25) is 5.91 Å². The van der Waals surface area contributed by atoms with Gasteiger partial charge >= 0.3 is 0 Å². The number of nitrogens with zero attached hydrogens (tertiary/aromatic N) is 1. The van der Waals surface area contributed by atoms with E-state index in [0.717, 1.165) is 12.2 Å². The van der Waals surface area contributed by atoms with Gasteiger partial charge in [0.1, 0.15) is 0 Å². The number of benzene rings is 1. The van der Waals surface area contributed by atoms with Gasteiger partial charge in [-0.2, -0.15) is 0 Å². The predicted molar refractivity (Wildman–Crippen MR) is 83.5 cm³/mol. The Morgan fingerprint density at radius 2 is 1.95 bits per heavy atom. The largest absolute Gasteiger partial charge is 0.399 e. The highest BCUT2D eigenvalue weighted by molar-refractivity contribution is 5.92. The van der Waals surface area contributed by atoms with Crippen molar-refractivity contribution in [3.05, 3.63) is 24.3 Å². The van der Waals surface area contributed by atoms with E-state index in [0.29, 0.717) is 30.1 Å². The standard InChI is InChI=1S/C16H25N3O/c1-11-8-12(2)13(3)19(9-11)10-16(20)18-15-6-4-14(17)5-7-15/h4-7,11-13H,8-10,17H2,1-3H3,(H,18,20). The van der Waals surface area contributed by atoms with E-state index in [1.807, 2.05) is 12.1 Å². The van der Waals surface area contributed by atoms with Crippen molar-refractivity contribution < 1.29 is 4.79 Å². The average Bonchev–Trinajstić information content (AvgIpc) is 2.38. The Balaban J connectivity index is 1.92. The van der Waals surface area contributed by atoms with Crippen molar-refractivity contribution in [2.75, 3.05) is 24.1 Å². The molecule has 1 aromatic rings. The molecule has 1 saturated heterocycles. The molecule has 0 spiro atoms. The van der Waals surface area contributed by atoms with Crippen LogP contribution in [0.25, 0.3) is 0 Å². The van der Waals surface area contributed by atoms with E-state index in [1.165, 1.54) is 6.42 Å². The lowest BCUT2D eigenvalue weighted by molar-refractivity contribution is -0.118. The van der Waals surface area contributed by atoms with Crippen molar-refractivity contribution in [3.63, 3.8) is 0 Å². The van der Waals surface area contributed by atoms with E-state index in [4.69, 9.17) is 5.73 Å². The third kappa shape index (κ3) is 3.73. The maximum absolute atomic E-state index is 12.1. The van der Waals surface area contributed by atoms with Crippen LogP contribution in [0.3, 0.4) is 0 Å². The van der Waals surface area contributed by atoms with Crippen LogP contribution in [0.4, 0.5) is 11.4 Å². The number of piperidine rings is 1. The maximum Gasteiger partial charge on any atom is 0.238 e. The number of hydrogen-bond donors (Lipinski definition) is 2. The first-order valence-electron chi connectivity index (χ1n) is 7.35. The number of likely N-dealkylation sites (tertiary alicyclic amines) is 1. The van der Waals surface area contributed by atoms with E-state index in [2.05, 4.69) is 31.0 Å². The zero-order chi connectivity index (χ0) is 14.7. The summed E-state index contributed by atoms with van der Waals surface area (Å²) in [5, 5.41) is 2.93. The SMILES string of the molecule is CC1CC(C)C(C)N(CC(=O)Nc2ccc(N)cc2)C1. The Morgan fingerprint density at radius 1 is 1.30 bits per heavy atom. The summed E-state index contributed by atoms with van der Waals surface area (Å²) in [6.07, 6.45) is 1.25. The van der Waals surface area contributed by atoms with Gasteiger partial charge in [0, 0.05) is 24.0 Å². The molecule has 1 fully saturated rings. The summed E-state index contributed by atoms with van der Waals surface area (Å²) in [5.74, 6) is 1.34. The summed E-state index contributed by atoms with van der Waals surface area (Å²) in [4.78, 5) is 14.4. The van der Waals surface area contributed by atoms with Crippen molar-refractivity contribution in [2.45, 2.75) is 33.2 Å². The minimum absolute atomic E-state index is 0.0444. The zero-order valence-electron chi connectivity index (χ0n) is 12.6. The molecule has 1 amide bonds. The normalized spacial score (nSPS) is 27.2. The molecule has 1 heterocycles. The number of nitrogens with one attached hydrogen (secondary N) is 1. The molecular formula is C16H25N3O. The molecule has 3 N–H and O–H groups in total. The fourth-order valence-electron chi connectivity index (χ4n) is 2.99. The maximum atomic E-state index is 12.1. The van der Waals surface area contributed by atoms with Crippen molar-refractivity contribution in [1.29, 1.82) is 0 Å². The Morgan fingerprint density at radius 3 is 2.60 bits per heavy atom. The molecule has 0 aromatic heterocycles. The monoisotopic (exact) mass is 275 g/mol. The fraction of sp³-hybridized carbons (Fsp3) is 0.562. The molecular weight excluding hydrogens is 250 g/mol. The Hall–Kier alpha value is -1.55. The quantitative estimate of drug-likeness (QED) is 0.834. The second-order valence-corrected chi connectivity index (χ2v) is 6.16. The Labute approximate surface area is 121 Å². The predicted octanol–water partition coefficient (Wildman–Crippen LogP) is 2.57. The van der Waals surface area contributed by atoms with Crippen molar-refractivity contribution in [3.8, 4) is 0 Å². The van der Waals surface area contributed by atoms with Crippen LogP contribution in [0.15, 0.2) is 24.3 Å². The van der Waals surface area contributed by atoms with Crippen LogP contribution in [-0.2, 0) is 4.79 Å². The third-order valence-electron chi connectivity index (χ3n) is 4.26. The minimum Gasteiger partial charge on any atom is -0.399 e. The smallest absolute Gasteiger partial charge is 0.238 e. The number of nitrogens with two attached hydrogens (primary N) is 1. The van der Waals surface area contributed by atoms with Gasteiger partial charge in [-0.1, -0.05) is 13.8 Å². The summed E-state index contributed by atoms with van der Waals surface area (Å²) in [7, 11) is 0. The van der Waals surface area contributed by atoms with Gasteiger partial charge in [-0.05, 0) is 49.4 Å². The third-order valence-corrected chi connectivity index (χ3v) is 4.26. The van der Waals surface area contributed by atoms with Crippen LogP contribution in [0.5, 0.6) is 0 Å².